The summed E-state index contributed by atoms with van der Waals surface area (Å²) in [5, 5.41) is 0. The van der Waals surface area contributed by atoms with Crippen LogP contribution in [0.3, 0.4) is 0 Å². The number of nitrogens with zero attached hydrogens (tertiary/aromatic N) is 6. The van der Waals surface area contributed by atoms with Crippen LogP contribution in [-0.4, -0.2) is 41.8 Å². The zero-order valence-electron chi connectivity index (χ0n) is 21.9. The summed E-state index contributed by atoms with van der Waals surface area (Å²) >= 11 is 0. The maximum atomic E-state index is 13.8. The number of hydrogen-bond acceptors (Lipinski definition) is 10. The summed E-state index contributed by atoms with van der Waals surface area (Å²) in [6.45, 7) is 3.55. The summed E-state index contributed by atoms with van der Waals surface area (Å²) in [7, 11) is 0. The SMILES string of the molecule is CCC(CC)(C(=O)OC(Cc1ccncc1)c1ccncn1)C(=O)OC(Cc1ccncc1)c1ccncn1. The van der Waals surface area contributed by atoms with Gasteiger partial charge in [-0.3, -0.25) is 19.6 Å². The van der Waals surface area contributed by atoms with Gasteiger partial charge in [0.2, 0.25) is 0 Å². The number of esters is 2. The Hall–Kier alpha value is -4.60. The highest BCUT2D eigenvalue weighted by Crippen LogP contribution is 2.35. The Bertz CT molecular complexity index is 1220. The van der Waals surface area contributed by atoms with E-state index in [0.29, 0.717) is 24.2 Å². The normalized spacial score (nSPS) is 12.8. The third-order valence-electron chi connectivity index (χ3n) is 6.70. The first-order valence-corrected chi connectivity index (χ1v) is 12.8. The van der Waals surface area contributed by atoms with Gasteiger partial charge in [-0.05, 0) is 60.4 Å². The van der Waals surface area contributed by atoms with Gasteiger partial charge in [0.1, 0.15) is 24.9 Å². The fourth-order valence-corrected chi connectivity index (χ4v) is 4.26. The van der Waals surface area contributed by atoms with E-state index in [9.17, 15) is 9.59 Å². The molecule has 0 aliphatic carbocycles. The zero-order valence-corrected chi connectivity index (χ0v) is 21.9. The van der Waals surface area contributed by atoms with Gasteiger partial charge in [0.05, 0.1) is 11.4 Å². The number of ether oxygens (including phenoxy) is 2. The van der Waals surface area contributed by atoms with E-state index >= 15 is 0 Å². The molecule has 0 saturated carbocycles. The van der Waals surface area contributed by atoms with Gasteiger partial charge < -0.3 is 9.47 Å². The van der Waals surface area contributed by atoms with Crippen molar-refractivity contribution >= 4 is 11.9 Å². The van der Waals surface area contributed by atoms with Gasteiger partial charge in [0.25, 0.3) is 0 Å². The lowest BCUT2D eigenvalue weighted by Gasteiger charge is -2.31. The zero-order chi connectivity index (χ0) is 27.5. The molecule has 0 bridgehead atoms. The number of carbonyl (C=O) groups is 2. The number of aromatic nitrogens is 6. The molecule has 0 aliphatic rings. The molecule has 39 heavy (non-hydrogen) atoms. The third kappa shape index (κ3) is 6.84. The Kier molecular flexibility index (Phi) is 9.34. The van der Waals surface area contributed by atoms with Crippen LogP contribution in [0.5, 0.6) is 0 Å². The van der Waals surface area contributed by atoms with Crippen LogP contribution in [0.1, 0.15) is 61.4 Å². The van der Waals surface area contributed by atoms with Crippen molar-refractivity contribution in [3.8, 4) is 0 Å². The highest BCUT2D eigenvalue weighted by Gasteiger charge is 2.48. The van der Waals surface area contributed by atoms with E-state index in [2.05, 4.69) is 29.9 Å². The Labute approximate surface area is 226 Å². The molecule has 10 nitrogen and oxygen atoms in total. The standard InChI is InChI=1S/C29H30N6O4/c1-3-29(4-2,27(36)38-25(23-9-15-32-19-34-23)17-21-5-11-30-12-6-21)28(37)39-26(24-10-16-33-20-35-24)18-22-7-13-31-14-8-22/h5-16,19-20,25-26H,3-4,17-18H2,1-2H3. The molecule has 0 spiro atoms. The van der Waals surface area contributed by atoms with Gasteiger partial charge in [0, 0.05) is 50.0 Å². The Balaban J connectivity index is 1.59. The second-order valence-corrected chi connectivity index (χ2v) is 8.96. The summed E-state index contributed by atoms with van der Waals surface area (Å²) < 4.78 is 12.1. The quantitative estimate of drug-likeness (QED) is 0.195. The molecule has 4 aromatic heterocycles. The van der Waals surface area contributed by atoms with Crippen molar-refractivity contribution in [2.24, 2.45) is 5.41 Å². The number of hydrogen-bond donors (Lipinski definition) is 0. The third-order valence-corrected chi connectivity index (χ3v) is 6.70. The van der Waals surface area contributed by atoms with Crippen molar-refractivity contribution < 1.29 is 19.1 Å². The van der Waals surface area contributed by atoms with Crippen LogP contribution in [0.25, 0.3) is 0 Å². The summed E-state index contributed by atoms with van der Waals surface area (Å²) in [4.78, 5) is 52.3. The lowest BCUT2D eigenvalue weighted by molar-refractivity contribution is -0.180. The van der Waals surface area contributed by atoms with E-state index in [4.69, 9.17) is 9.47 Å². The monoisotopic (exact) mass is 526 g/mol. The number of pyridine rings is 2. The lowest BCUT2D eigenvalue weighted by atomic mass is 9.82. The predicted octanol–water partition coefficient (Wildman–Crippen LogP) is 4.22. The summed E-state index contributed by atoms with van der Waals surface area (Å²) in [6.07, 6.45) is 12.3. The highest BCUT2D eigenvalue weighted by atomic mass is 16.6. The van der Waals surface area contributed by atoms with Crippen LogP contribution in [0.4, 0.5) is 0 Å². The smallest absolute Gasteiger partial charge is 0.324 e. The Morgan fingerprint density at radius 1 is 0.641 bits per heavy atom. The molecule has 0 aliphatic heterocycles. The fourth-order valence-electron chi connectivity index (χ4n) is 4.26. The van der Waals surface area contributed by atoms with Gasteiger partial charge >= 0.3 is 11.9 Å². The van der Waals surface area contributed by atoms with E-state index < -0.39 is 29.6 Å². The molecule has 0 fully saturated rings. The average molecular weight is 527 g/mol. The molecule has 0 N–H and O–H groups in total. The molecule has 4 heterocycles. The van der Waals surface area contributed by atoms with Crippen molar-refractivity contribution in [3.05, 3.63) is 109 Å². The topological polar surface area (TPSA) is 130 Å². The summed E-state index contributed by atoms with van der Waals surface area (Å²) in [6, 6.07) is 10.8. The first-order valence-electron chi connectivity index (χ1n) is 12.8. The van der Waals surface area contributed by atoms with Gasteiger partial charge in [-0.15, -0.1) is 0 Å². The molecule has 2 unspecified atom stereocenters. The molecular weight excluding hydrogens is 496 g/mol. The van der Waals surface area contributed by atoms with Crippen LogP contribution < -0.4 is 0 Å². The van der Waals surface area contributed by atoms with E-state index in [1.54, 1.807) is 63.2 Å². The van der Waals surface area contributed by atoms with Crippen LogP contribution in [0, 0.1) is 5.41 Å². The number of carbonyl (C=O) groups excluding carboxylic acids is 2. The van der Waals surface area contributed by atoms with Crippen molar-refractivity contribution in [2.45, 2.75) is 51.7 Å². The molecule has 0 aromatic carbocycles. The summed E-state index contributed by atoms with van der Waals surface area (Å²) in [5.74, 6) is -1.33. The van der Waals surface area contributed by atoms with Gasteiger partial charge in [-0.25, -0.2) is 19.9 Å². The Morgan fingerprint density at radius 2 is 1.03 bits per heavy atom. The van der Waals surface area contributed by atoms with Crippen molar-refractivity contribution in [1.29, 1.82) is 0 Å². The number of rotatable bonds is 12. The molecule has 0 amide bonds. The van der Waals surface area contributed by atoms with E-state index in [1.165, 1.54) is 12.7 Å². The van der Waals surface area contributed by atoms with Crippen LogP contribution in [0.2, 0.25) is 0 Å². The van der Waals surface area contributed by atoms with Crippen LogP contribution >= 0.6 is 0 Å². The highest BCUT2D eigenvalue weighted by molar-refractivity contribution is 6.00. The Morgan fingerprint density at radius 3 is 1.36 bits per heavy atom. The molecule has 10 heteroatoms. The molecule has 0 radical (unpaired) electrons. The maximum Gasteiger partial charge on any atom is 0.324 e. The summed E-state index contributed by atoms with van der Waals surface area (Å²) in [5.41, 5.74) is 1.35. The average Bonchev–Trinajstić information content (AvgIpc) is 2.99. The van der Waals surface area contributed by atoms with Crippen LogP contribution in [0.15, 0.2) is 86.2 Å². The molecule has 4 aromatic rings. The fraction of sp³-hybridized carbons (Fsp3) is 0.310. The van der Waals surface area contributed by atoms with Gasteiger partial charge in [-0.2, -0.15) is 0 Å². The molecule has 4 rings (SSSR count). The first kappa shape index (κ1) is 27.4. The van der Waals surface area contributed by atoms with Crippen molar-refractivity contribution in [1.82, 2.24) is 29.9 Å². The van der Waals surface area contributed by atoms with Gasteiger partial charge in [0.15, 0.2) is 5.41 Å². The molecular formula is C29H30N6O4. The largest absolute Gasteiger partial charge is 0.455 e. The van der Waals surface area contributed by atoms with E-state index in [0.717, 1.165) is 11.1 Å². The van der Waals surface area contributed by atoms with Gasteiger partial charge in [-0.1, -0.05) is 13.8 Å². The van der Waals surface area contributed by atoms with Crippen molar-refractivity contribution in [2.75, 3.05) is 0 Å². The van der Waals surface area contributed by atoms with E-state index in [1.807, 2.05) is 24.3 Å². The van der Waals surface area contributed by atoms with E-state index in [-0.39, 0.29) is 12.8 Å². The predicted molar refractivity (Wildman–Crippen MR) is 141 cm³/mol. The molecule has 0 saturated heterocycles. The minimum atomic E-state index is -1.52. The lowest BCUT2D eigenvalue weighted by Crippen LogP contribution is -2.42. The second kappa shape index (κ2) is 13.3. The maximum absolute atomic E-state index is 13.8. The molecule has 200 valence electrons. The minimum Gasteiger partial charge on any atom is -0.455 e. The molecule has 2 atom stereocenters. The second-order valence-electron chi connectivity index (χ2n) is 8.96. The minimum absolute atomic E-state index is 0.193. The van der Waals surface area contributed by atoms with Crippen molar-refractivity contribution in [3.63, 3.8) is 0 Å². The van der Waals surface area contributed by atoms with Crippen LogP contribution in [-0.2, 0) is 31.9 Å². The first-order chi connectivity index (χ1) is 19.1.